The number of unbranched alkanes of at least 4 members (excludes halogenated alkanes) is 3. The summed E-state index contributed by atoms with van der Waals surface area (Å²) < 4.78 is 57.9. The van der Waals surface area contributed by atoms with Gasteiger partial charge in [-0.1, -0.05) is 43.2 Å². The quantitative estimate of drug-likeness (QED) is 0.0650. The third-order valence-electron chi connectivity index (χ3n) is 8.97. The van der Waals surface area contributed by atoms with Gasteiger partial charge in [-0.3, -0.25) is 25.0 Å². The monoisotopic (exact) mass is 756 g/mol. The van der Waals surface area contributed by atoms with E-state index >= 15 is 0 Å². The Morgan fingerprint density at radius 1 is 0.778 bits per heavy atom. The highest BCUT2D eigenvalue weighted by Gasteiger charge is 2.45. The van der Waals surface area contributed by atoms with Crippen LogP contribution in [0.25, 0.3) is 0 Å². The van der Waals surface area contributed by atoms with Gasteiger partial charge < -0.3 is 24.8 Å². The molecular weight excluding hydrogens is 717 g/mol. The standard InChI is InChI=1S/C37H39F3N4O10/c1-20-29(35(46)52-5)31(24-13-12-14-25(19-24)43(48)49)30(21(2)41-20)36(47)53-18-11-7-6-8-17-28(45)54-34-23(4)42-22(3)33(44(50)51)32(34)26-15-9-10-16-27(26)37(38,39)40/h9-10,12-16,19,31-32,41-42H,6-8,11,17-18H2,1-5H3. The number of methoxy groups -OCH3 is 1. The van der Waals surface area contributed by atoms with Crippen molar-refractivity contribution in [3.05, 3.63) is 131 Å². The first-order valence-corrected chi connectivity index (χ1v) is 16.9. The van der Waals surface area contributed by atoms with E-state index in [9.17, 15) is 47.8 Å². The van der Waals surface area contributed by atoms with Crippen LogP contribution in [0.3, 0.4) is 0 Å². The van der Waals surface area contributed by atoms with Gasteiger partial charge in [0.05, 0.1) is 57.6 Å². The highest BCUT2D eigenvalue weighted by molar-refractivity contribution is 5.99. The number of nitro groups is 2. The van der Waals surface area contributed by atoms with Crippen molar-refractivity contribution < 1.29 is 51.6 Å². The van der Waals surface area contributed by atoms with E-state index in [0.29, 0.717) is 42.6 Å². The Kier molecular flexibility index (Phi) is 13.0. The Labute approximate surface area is 308 Å². The fourth-order valence-electron chi connectivity index (χ4n) is 6.57. The van der Waals surface area contributed by atoms with Crippen molar-refractivity contribution in [2.45, 2.75) is 77.8 Å². The zero-order valence-electron chi connectivity index (χ0n) is 30.1. The van der Waals surface area contributed by atoms with E-state index in [4.69, 9.17) is 14.2 Å². The van der Waals surface area contributed by atoms with Crippen LogP contribution >= 0.6 is 0 Å². The minimum absolute atomic E-state index is 0.0150. The Morgan fingerprint density at radius 2 is 1.41 bits per heavy atom. The number of benzene rings is 2. The summed E-state index contributed by atoms with van der Waals surface area (Å²) in [5.41, 5.74) is -0.871. The van der Waals surface area contributed by atoms with Gasteiger partial charge in [-0.15, -0.1) is 0 Å². The second-order valence-electron chi connectivity index (χ2n) is 12.7. The number of rotatable bonds is 14. The molecule has 14 nitrogen and oxygen atoms in total. The number of ether oxygens (including phenoxy) is 3. The number of nitro benzene ring substituents is 1. The summed E-state index contributed by atoms with van der Waals surface area (Å²) in [5, 5.41) is 29.3. The van der Waals surface area contributed by atoms with Crippen LogP contribution in [0.4, 0.5) is 18.9 Å². The number of carbonyl (C=O) groups is 3. The number of allylic oxidation sites excluding steroid dienone is 4. The lowest BCUT2D eigenvalue weighted by Gasteiger charge is -2.30. The molecule has 0 spiro atoms. The van der Waals surface area contributed by atoms with Gasteiger partial charge in [0.1, 0.15) is 11.7 Å². The van der Waals surface area contributed by atoms with E-state index in [2.05, 4.69) is 10.6 Å². The van der Waals surface area contributed by atoms with Crippen molar-refractivity contribution in [1.82, 2.24) is 10.6 Å². The lowest BCUT2D eigenvalue weighted by atomic mass is 9.80. The maximum atomic E-state index is 14.0. The van der Waals surface area contributed by atoms with E-state index in [1.165, 1.54) is 51.3 Å². The summed E-state index contributed by atoms with van der Waals surface area (Å²) in [6.07, 6.45) is -3.34. The van der Waals surface area contributed by atoms with Gasteiger partial charge in [-0.2, -0.15) is 13.2 Å². The Morgan fingerprint density at radius 3 is 2.04 bits per heavy atom. The molecule has 0 fully saturated rings. The highest BCUT2D eigenvalue weighted by Crippen LogP contribution is 2.44. The predicted octanol–water partition coefficient (Wildman–Crippen LogP) is 7.19. The molecule has 2 aliphatic rings. The van der Waals surface area contributed by atoms with Gasteiger partial charge in [-0.05, 0) is 57.7 Å². The van der Waals surface area contributed by atoms with Crippen LogP contribution in [-0.2, 0) is 34.8 Å². The molecular formula is C37H39F3N4O10. The maximum absolute atomic E-state index is 14.0. The van der Waals surface area contributed by atoms with E-state index in [0.717, 1.165) is 12.1 Å². The fraction of sp³-hybridized carbons (Fsp3) is 0.378. The summed E-state index contributed by atoms with van der Waals surface area (Å²) in [5.74, 6) is -5.19. The van der Waals surface area contributed by atoms with Gasteiger partial charge in [-0.25, -0.2) is 9.59 Å². The van der Waals surface area contributed by atoms with E-state index < -0.39 is 62.6 Å². The second kappa shape index (κ2) is 17.2. The summed E-state index contributed by atoms with van der Waals surface area (Å²) >= 11 is 0. The van der Waals surface area contributed by atoms with Crippen LogP contribution in [0.2, 0.25) is 0 Å². The maximum Gasteiger partial charge on any atom is 0.416 e. The van der Waals surface area contributed by atoms with Gasteiger partial charge in [0.25, 0.3) is 11.4 Å². The minimum Gasteiger partial charge on any atom is -0.466 e. The molecule has 288 valence electrons. The molecule has 2 heterocycles. The Bertz CT molecular complexity index is 1980. The molecule has 2 N–H and O–H groups in total. The first kappa shape index (κ1) is 40.8. The largest absolute Gasteiger partial charge is 0.466 e. The molecule has 0 radical (unpaired) electrons. The molecule has 4 rings (SSSR count). The summed E-state index contributed by atoms with van der Waals surface area (Å²) in [4.78, 5) is 61.4. The van der Waals surface area contributed by atoms with Gasteiger partial charge in [0.15, 0.2) is 0 Å². The molecule has 2 aliphatic heterocycles. The number of nitrogens with one attached hydrogen (secondary N) is 2. The van der Waals surface area contributed by atoms with Crippen molar-refractivity contribution >= 4 is 23.6 Å². The van der Waals surface area contributed by atoms with E-state index in [-0.39, 0.29) is 47.0 Å². The molecule has 0 amide bonds. The number of nitrogens with zero attached hydrogens (tertiary/aromatic N) is 2. The van der Waals surface area contributed by atoms with Crippen LogP contribution < -0.4 is 10.6 Å². The predicted molar refractivity (Wildman–Crippen MR) is 186 cm³/mol. The molecule has 2 aromatic rings. The molecule has 0 aliphatic carbocycles. The molecule has 2 aromatic carbocycles. The first-order valence-electron chi connectivity index (χ1n) is 16.9. The van der Waals surface area contributed by atoms with Crippen molar-refractivity contribution in [1.29, 1.82) is 0 Å². The third kappa shape index (κ3) is 9.13. The number of halogens is 3. The lowest BCUT2D eigenvalue weighted by molar-refractivity contribution is -0.431. The van der Waals surface area contributed by atoms with Crippen molar-refractivity contribution in [2.24, 2.45) is 0 Å². The third-order valence-corrected chi connectivity index (χ3v) is 8.97. The van der Waals surface area contributed by atoms with E-state index in [1.807, 2.05) is 0 Å². The number of non-ortho nitro benzene ring substituents is 1. The molecule has 0 saturated heterocycles. The lowest BCUT2D eigenvalue weighted by Crippen LogP contribution is -2.32. The van der Waals surface area contributed by atoms with Crippen LogP contribution in [0.5, 0.6) is 0 Å². The fourth-order valence-corrected chi connectivity index (χ4v) is 6.57. The smallest absolute Gasteiger partial charge is 0.416 e. The van der Waals surface area contributed by atoms with Gasteiger partial charge in [0.2, 0.25) is 0 Å². The number of hydrogen-bond donors (Lipinski definition) is 2. The Balaban J connectivity index is 1.37. The first-order chi connectivity index (χ1) is 25.5. The summed E-state index contributed by atoms with van der Waals surface area (Å²) in [7, 11) is 1.18. The summed E-state index contributed by atoms with van der Waals surface area (Å²) in [6.45, 7) is 6.01. The van der Waals surface area contributed by atoms with Crippen LogP contribution in [0.15, 0.2) is 93.9 Å². The normalized spacial score (nSPS) is 17.5. The van der Waals surface area contributed by atoms with Crippen LogP contribution in [0, 0.1) is 20.2 Å². The van der Waals surface area contributed by atoms with Gasteiger partial charge >= 0.3 is 24.1 Å². The average molecular weight is 757 g/mol. The molecule has 0 aromatic heterocycles. The molecule has 0 saturated carbocycles. The van der Waals surface area contributed by atoms with Crippen molar-refractivity contribution in [3.63, 3.8) is 0 Å². The molecule has 0 bridgehead atoms. The zero-order chi connectivity index (χ0) is 39.9. The zero-order valence-corrected chi connectivity index (χ0v) is 30.1. The summed E-state index contributed by atoms with van der Waals surface area (Å²) in [6, 6.07) is 10.0. The van der Waals surface area contributed by atoms with Crippen molar-refractivity contribution in [2.75, 3.05) is 13.7 Å². The number of esters is 3. The average Bonchev–Trinajstić information content (AvgIpc) is 3.10. The molecule has 2 atom stereocenters. The number of hydrogen-bond acceptors (Lipinski definition) is 12. The Hall–Kier alpha value is -6.00. The van der Waals surface area contributed by atoms with Crippen molar-refractivity contribution in [3.8, 4) is 0 Å². The molecule has 17 heteroatoms. The SMILES string of the molecule is COC(=O)C1=C(C)NC(C)=C(C(=O)OCCCCCCC(=O)OC2=C(C)NC(C)=C([N+](=O)[O-])C2c2ccccc2C(F)(F)F)C1c1cccc([N+](=O)[O-])c1. The molecule has 2 unspecified atom stereocenters. The molecule has 54 heavy (non-hydrogen) atoms. The van der Waals surface area contributed by atoms with Crippen LogP contribution in [-0.4, -0.2) is 41.5 Å². The van der Waals surface area contributed by atoms with E-state index in [1.54, 1.807) is 19.9 Å². The number of dihydropyridines is 2. The highest BCUT2D eigenvalue weighted by atomic mass is 19.4. The number of carbonyl (C=O) groups excluding carboxylic acids is 3. The topological polar surface area (TPSA) is 189 Å². The number of alkyl halides is 3. The second-order valence-corrected chi connectivity index (χ2v) is 12.7. The van der Waals surface area contributed by atoms with Gasteiger partial charge in [0, 0.05) is 29.9 Å². The van der Waals surface area contributed by atoms with Crippen LogP contribution in [0.1, 0.15) is 88.3 Å². The minimum atomic E-state index is -4.83.